The molecule has 0 saturated carbocycles. The molecule has 0 atom stereocenters. The third-order valence-corrected chi connectivity index (χ3v) is 3.11. The fourth-order valence-corrected chi connectivity index (χ4v) is 1.87. The zero-order valence-electron chi connectivity index (χ0n) is 10.8. The van der Waals surface area contributed by atoms with Gasteiger partial charge in [-0.25, -0.2) is 4.39 Å². The van der Waals surface area contributed by atoms with Gasteiger partial charge in [0, 0.05) is 4.47 Å². The Labute approximate surface area is 124 Å². The Kier molecular flexibility index (Phi) is 4.74. The fraction of sp³-hybridized carbons (Fsp3) is 0.133. The molecule has 5 heteroatoms. The van der Waals surface area contributed by atoms with Gasteiger partial charge in [-0.05, 0) is 48.9 Å². The number of anilines is 1. The van der Waals surface area contributed by atoms with Gasteiger partial charge in [-0.1, -0.05) is 22.0 Å². The van der Waals surface area contributed by atoms with Crippen molar-refractivity contribution in [3.05, 3.63) is 58.3 Å². The normalized spacial score (nSPS) is 10.2. The van der Waals surface area contributed by atoms with E-state index in [0.717, 1.165) is 10.0 Å². The van der Waals surface area contributed by atoms with Crippen LogP contribution in [0.25, 0.3) is 0 Å². The standard InChI is InChI=1S/C15H13BrFNO2/c1-10-2-7-13(17)14(8-10)18-15(19)9-20-12-5-3-11(16)4-6-12/h2-8H,9H2,1H3,(H,18,19). The van der Waals surface area contributed by atoms with Crippen LogP contribution in [0.2, 0.25) is 0 Å². The predicted molar refractivity (Wildman–Crippen MR) is 79.4 cm³/mol. The first-order valence-corrected chi connectivity index (χ1v) is 6.78. The van der Waals surface area contributed by atoms with E-state index >= 15 is 0 Å². The number of ether oxygens (including phenoxy) is 1. The summed E-state index contributed by atoms with van der Waals surface area (Å²) in [6, 6.07) is 11.6. The summed E-state index contributed by atoms with van der Waals surface area (Å²) in [6.45, 7) is 1.66. The van der Waals surface area contributed by atoms with E-state index in [0.29, 0.717) is 5.75 Å². The summed E-state index contributed by atoms with van der Waals surface area (Å²) in [4.78, 5) is 11.7. The van der Waals surface area contributed by atoms with Gasteiger partial charge in [-0.3, -0.25) is 4.79 Å². The molecule has 2 rings (SSSR count). The van der Waals surface area contributed by atoms with Gasteiger partial charge >= 0.3 is 0 Å². The molecule has 0 aromatic heterocycles. The van der Waals surface area contributed by atoms with Crippen molar-refractivity contribution in [1.82, 2.24) is 0 Å². The average Bonchev–Trinajstić information content (AvgIpc) is 2.42. The third kappa shape index (κ3) is 4.06. The van der Waals surface area contributed by atoms with Gasteiger partial charge in [0.05, 0.1) is 5.69 Å². The second-order valence-electron chi connectivity index (χ2n) is 4.27. The topological polar surface area (TPSA) is 38.3 Å². The van der Waals surface area contributed by atoms with Gasteiger partial charge in [0.15, 0.2) is 6.61 Å². The van der Waals surface area contributed by atoms with Crippen molar-refractivity contribution in [3.8, 4) is 5.75 Å². The first-order valence-electron chi connectivity index (χ1n) is 5.99. The van der Waals surface area contributed by atoms with Gasteiger partial charge in [0.2, 0.25) is 0 Å². The van der Waals surface area contributed by atoms with E-state index in [2.05, 4.69) is 21.2 Å². The molecule has 20 heavy (non-hydrogen) atoms. The van der Waals surface area contributed by atoms with Crippen LogP contribution in [0.5, 0.6) is 5.75 Å². The van der Waals surface area contributed by atoms with Crippen LogP contribution in [0, 0.1) is 12.7 Å². The van der Waals surface area contributed by atoms with E-state index < -0.39 is 11.7 Å². The lowest BCUT2D eigenvalue weighted by atomic mass is 10.2. The third-order valence-electron chi connectivity index (χ3n) is 2.58. The molecule has 0 aliphatic rings. The molecule has 0 radical (unpaired) electrons. The first kappa shape index (κ1) is 14.5. The number of benzene rings is 2. The second-order valence-corrected chi connectivity index (χ2v) is 5.19. The van der Waals surface area contributed by atoms with E-state index in [1.807, 2.05) is 19.1 Å². The zero-order chi connectivity index (χ0) is 14.5. The number of carbonyl (C=O) groups is 1. The predicted octanol–water partition coefficient (Wildman–Crippen LogP) is 3.91. The molecule has 0 aliphatic heterocycles. The van der Waals surface area contributed by atoms with Crippen LogP contribution in [-0.4, -0.2) is 12.5 Å². The highest BCUT2D eigenvalue weighted by molar-refractivity contribution is 9.10. The van der Waals surface area contributed by atoms with E-state index in [-0.39, 0.29) is 12.3 Å². The summed E-state index contributed by atoms with van der Waals surface area (Å²) < 4.78 is 19.7. The lowest BCUT2D eigenvalue weighted by Crippen LogP contribution is -2.20. The molecule has 3 nitrogen and oxygen atoms in total. The molecular weight excluding hydrogens is 325 g/mol. The molecule has 2 aromatic rings. The molecule has 0 fully saturated rings. The highest BCUT2D eigenvalue weighted by Crippen LogP contribution is 2.17. The van der Waals surface area contributed by atoms with Gasteiger partial charge in [0.1, 0.15) is 11.6 Å². The van der Waals surface area contributed by atoms with Crippen LogP contribution >= 0.6 is 15.9 Å². The van der Waals surface area contributed by atoms with Crippen LogP contribution < -0.4 is 10.1 Å². The van der Waals surface area contributed by atoms with Crippen molar-refractivity contribution >= 4 is 27.5 Å². The largest absolute Gasteiger partial charge is 0.484 e. The molecule has 0 aliphatic carbocycles. The minimum atomic E-state index is -0.465. The molecule has 1 N–H and O–H groups in total. The van der Waals surface area contributed by atoms with E-state index in [1.54, 1.807) is 24.3 Å². The highest BCUT2D eigenvalue weighted by atomic mass is 79.9. The maximum atomic E-state index is 13.5. The Balaban J connectivity index is 1.92. The molecule has 1 amide bonds. The number of rotatable bonds is 4. The van der Waals surface area contributed by atoms with Crippen LogP contribution in [-0.2, 0) is 4.79 Å². The molecule has 0 bridgehead atoms. The van der Waals surface area contributed by atoms with Crippen LogP contribution in [0.15, 0.2) is 46.9 Å². The number of hydrogen-bond donors (Lipinski definition) is 1. The smallest absolute Gasteiger partial charge is 0.262 e. The molecule has 104 valence electrons. The molecule has 0 saturated heterocycles. The summed E-state index contributed by atoms with van der Waals surface area (Å²) in [5, 5.41) is 2.48. The lowest BCUT2D eigenvalue weighted by molar-refractivity contribution is -0.118. The van der Waals surface area contributed by atoms with Crippen molar-refractivity contribution in [1.29, 1.82) is 0 Å². The number of amides is 1. The minimum absolute atomic E-state index is 0.161. The summed E-state index contributed by atoms with van der Waals surface area (Å²) >= 11 is 3.31. The number of halogens is 2. The van der Waals surface area contributed by atoms with E-state index in [1.165, 1.54) is 6.07 Å². The monoisotopic (exact) mass is 337 g/mol. The zero-order valence-corrected chi connectivity index (χ0v) is 12.4. The van der Waals surface area contributed by atoms with Gasteiger partial charge in [-0.15, -0.1) is 0 Å². The van der Waals surface area contributed by atoms with Crippen LogP contribution in [0.4, 0.5) is 10.1 Å². The molecule has 0 spiro atoms. The lowest BCUT2D eigenvalue weighted by Gasteiger charge is -2.09. The Bertz CT molecular complexity index is 614. The SMILES string of the molecule is Cc1ccc(F)c(NC(=O)COc2ccc(Br)cc2)c1. The summed E-state index contributed by atoms with van der Waals surface area (Å²) in [5.74, 6) is -0.293. The van der Waals surface area contributed by atoms with E-state index in [9.17, 15) is 9.18 Å². The van der Waals surface area contributed by atoms with Gasteiger partial charge in [-0.2, -0.15) is 0 Å². The van der Waals surface area contributed by atoms with Gasteiger partial charge in [0.25, 0.3) is 5.91 Å². The van der Waals surface area contributed by atoms with Crippen LogP contribution in [0.3, 0.4) is 0 Å². The number of carbonyl (C=O) groups excluding carboxylic acids is 1. The second kappa shape index (κ2) is 6.52. The molecular formula is C15H13BrFNO2. The molecule has 0 unspecified atom stereocenters. The Hall–Kier alpha value is -1.88. The highest BCUT2D eigenvalue weighted by Gasteiger charge is 2.08. The van der Waals surface area contributed by atoms with Crippen molar-refractivity contribution in [2.75, 3.05) is 11.9 Å². The Morgan fingerprint density at radius 2 is 1.95 bits per heavy atom. The number of nitrogens with one attached hydrogen (secondary N) is 1. The van der Waals surface area contributed by atoms with Crippen molar-refractivity contribution in [2.24, 2.45) is 0 Å². The average molecular weight is 338 g/mol. The van der Waals surface area contributed by atoms with E-state index in [4.69, 9.17) is 4.74 Å². The Morgan fingerprint density at radius 3 is 2.65 bits per heavy atom. The first-order chi connectivity index (χ1) is 9.54. The van der Waals surface area contributed by atoms with Gasteiger partial charge < -0.3 is 10.1 Å². The Morgan fingerprint density at radius 1 is 1.25 bits per heavy atom. The molecule has 2 aromatic carbocycles. The van der Waals surface area contributed by atoms with Crippen molar-refractivity contribution < 1.29 is 13.9 Å². The molecule has 0 heterocycles. The summed E-state index contributed by atoms with van der Waals surface area (Å²) in [5.41, 5.74) is 1.03. The maximum Gasteiger partial charge on any atom is 0.262 e. The minimum Gasteiger partial charge on any atom is -0.484 e. The fourth-order valence-electron chi connectivity index (χ4n) is 1.60. The summed E-state index contributed by atoms with van der Waals surface area (Å²) in [7, 11) is 0. The quantitative estimate of drug-likeness (QED) is 0.918. The summed E-state index contributed by atoms with van der Waals surface area (Å²) in [6.07, 6.45) is 0. The van der Waals surface area contributed by atoms with Crippen LogP contribution in [0.1, 0.15) is 5.56 Å². The van der Waals surface area contributed by atoms with Crippen molar-refractivity contribution in [2.45, 2.75) is 6.92 Å². The number of hydrogen-bond acceptors (Lipinski definition) is 2. The maximum absolute atomic E-state index is 13.5. The number of aryl methyl sites for hydroxylation is 1. The van der Waals surface area contributed by atoms with Crippen molar-refractivity contribution in [3.63, 3.8) is 0 Å².